The number of anilines is 1. The highest BCUT2D eigenvalue weighted by Gasteiger charge is 2.26. The fourth-order valence-electron chi connectivity index (χ4n) is 4.20. The average molecular weight is 346 g/mol. The van der Waals surface area contributed by atoms with E-state index in [-0.39, 0.29) is 11.7 Å². The third-order valence-electron chi connectivity index (χ3n) is 5.57. The van der Waals surface area contributed by atoms with E-state index in [1.165, 1.54) is 22.4 Å². The van der Waals surface area contributed by atoms with E-state index in [1.54, 1.807) is 0 Å². The fourth-order valence-corrected chi connectivity index (χ4v) is 4.20. The minimum atomic E-state index is 0.232. The molecule has 26 heavy (non-hydrogen) atoms. The van der Waals surface area contributed by atoms with Crippen LogP contribution in [0.1, 0.15) is 35.4 Å². The van der Waals surface area contributed by atoms with Gasteiger partial charge in [-0.25, -0.2) is 0 Å². The average Bonchev–Trinajstić information content (AvgIpc) is 3.03. The smallest absolute Gasteiger partial charge is 0.158 e. The lowest BCUT2D eigenvalue weighted by atomic mass is 9.85. The molecular formula is C23H26N2O. The van der Waals surface area contributed by atoms with Crippen LogP contribution in [-0.2, 0) is 17.6 Å². The van der Waals surface area contributed by atoms with Crippen molar-refractivity contribution in [3.63, 3.8) is 0 Å². The molecule has 3 nitrogen and oxygen atoms in total. The summed E-state index contributed by atoms with van der Waals surface area (Å²) in [4.78, 5) is 14.4. The Labute approximate surface area is 155 Å². The summed E-state index contributed by atoms with van der Waals surface area (Å²) in [7, 11) is 4.09. The quantitative estimate of drug-likeness (QED) is 0.913. The summed E-state index contributed by atoms with van der Waals surface area (Å²) in [6.45, 7) is 0. The highest BCUT2D eigenvalue weighted by Crippen LogP contribution is 2.32. The molecule has 1 atom stereocenters. The van der Waals surface area contributed by atoms with Crippen LogP contribution < -0.4 is 10.2 Å². The normalized spacial score (nSPS) is 19.8. The van der Waals surface area contributed by atoms with E-state index in [1.807, 2.05) is 20.2 Å². The van der Waals surface area contributed by atoms with Gasteiger partial charge in [-0.2, -0.15) is 0 Å². The number of nitrogens with zero attached hydrogens (tertiary/aromatic N) is 1. The lowest BCUT2D eigenvalue weighted by Gasteiger charge is -2.26. The van der Waals surface area contributed by atoms with Crippen molar-refractivity contribution in [3.8, 4) is 0 Å². The van der Waals surface area contributed by atoms with Gasteiger partial charge in [0.1, 0.15) is 0 Å². The first kappa shape index (κ1) is 16.9. The lowest BCUT2D eigenvalue weighted by Crippen LogP contribution is -2.32. The number of ketones is 1. The zero-order valence-electron chi connectivity index (χ0n) is 15.5. The molecule has 0 heterocycles. The number of benzene rings is 2. The molecule has 2 aromatic carbocycles. The number of nitrogens with one attached hydrogen (secondary N) is 1. The van der Waals surface area contributed by atoms with Crippen LogP contribution in [0.4, 0.5) is 5.69 Å². The zero-order chi connectivity index (χ0) is 18.1. The number of rotatable bonds is 4. The molecular weight excluding hydrogens is 320 g/mol. The molecule has 4 rings (SSSR count). The molecule has 2 aromatic rings. The Morgan fingerprint density at radius 3 is 2.15 bits per heavy atom. The van der Waals surface area contributed by atoms with Gasteiger partial charge in [0, 0.05) is 44.0 Å². The molecule has 0 aromatic heterocycles. The second-order valence-electron chi connectivity index (χ2n) is 7.75. The van der Waals surface area contributed by atoms with Crippen molar-refractivity contribution in [2.45, 2.75) is 37.6 Å². The van der Waals surface area contributed by atoms with Gasteiger partial charge < -0.3 is 10.2 Å². The van der Waals surface area contributed by atoms with Crippen LogP contribution in [0.2, 0.25) is 0 Å². The van der Waals surface area contributed by atoms with Crippen molar-refractivity contribution < 1.29 is 4.79 Å². The van der Waals surface area contributed by atoms with E-state index < -0.39 is 0 Å². The molecule has 0 saturated heterocycles. The predicted molar refractivity (Wildman–Crippen MR) is 107 cm³/mol. The van der Waals surface area contributed by atoms with Gasteiger partial charge in [-0.1, -0.05) is 36.4 Å². The van der Waals surface area contributed by atoms with E-state index in [9.17, 15) is 4.79 Å². The topological polar surface area (TPSA) is 32.3 Å². The van der Waals surface area contributed by atoms with Crippen LogP contribution in [0.3, 0.4) is 0 Å². The number of carbonyl (C=O) groups excluding carboxylic acids is 1. The van der Waals surface area contributed by atoms with Crippen molar-refractivity contribution in [2.75, 3.05) is 19.0 Å². The van der Waals surface area contributed by atoms with E-state index in [0.717, 1.165) is 25.0 Å². The van der Waals surface area contributed by atoms with E-state index in [2.05, 4.69) is 58.7 Å². The lowest BCUT2D eigenvalue weighted by molar-refractivity contribution is -0.115. The number of allylic oxidation sites excluding steroid dienone is 2. The monoisotopic (exact) mass is 346 g/mol. The Morgan fingerprint density at radius 1 is 0.885 bits per heavy atom. The third kappa shape index (κ3) is 3.52. The van der Waals surface area contributed by atoms with E-state index in [4.69, 9.17) is 0 Å². The van der Waals surface area contributed by atoms with Gasteiger partial charge in [0.15, 0.2) is 5.78 Å². The fraction of sp³-hybridized carbons (Fsp3) is 0.348. The maximum atomic E-state index is 12.3. The molecule has 0 radical (unpaired) electrons. The highest BCUT2D eigenvalue weighted by atomic mass is 16.1. The van der Waals surface area contributed by atoms with Gasteiger partial charge in [0.05, 0.1) is 0 Å². The first-order valence-electron chi connectivity index (χ1n) is 9.42. The van der Waals surface area contributed by atoms with Gasteiger partial charge in [-0.3, -0.25) is 4.79 Å². The van der Waals surface area contributed by atoms with Crippen LogP contribution in [0.25, 0.3) is 0 Å². The second kappa shape index (κ2) is 6.99. The van der Waals surface area contributed by atoms with Crippen molar-refractivity contribution in [3.05, 3.63) is 77.0 Å². The van der Waals surface area contributed by atoms with Crippen LogP contribution >= 0.6 is 0 Å². The second-order valence-corrected chi connectivity index (χ2v) is 7.75. The third-order valence-corrected chi connectivity index (χ3v) is 5.57. The van der Waals surface area contributed by atoms with E-state index in [0.29, 0.717) is 12.5 Å². The van der Waals surface area contributed by atoms with Gasteiger partial charge >= 0.3 is 0 Å². The molecule has 2 aliphatic rings. The zero-order valence-corrected chi connectivity index (χ0v) is 15.5. The Bertz CT molecular complexity index is 811. The largest absolute Gasteiger partial charge is 0.385 e. The number of hydrogen-bond donors (Lipinski definition) is 1. The summed E-state index contributed by atoms with van der Waals surface area (Å²) in [5.41, 5.74) is 6.41. The van der Waals surface area contributed by atoms with Crippen molar-refractivity contribution in [2.24, 2.45) is 0 Å². The molecule has 0 bridgehead atoms. The maximum Gasteiger partial charge on any atom is 0.158 e. The predicted octanol–water partition coefficient (Wildman–Crippen LogP) is 3.84. The van der Waals surface area contributed by atoms with Crippen LogP contribution in [0.15, 0.2) is 60.3 Å². The Morgan fingerprint density at radius 2 is 1.54 bits per heavy atom. The summed E-state index contributed by atoms with van der Waals surface area (Å²) in [6, 6.07) is 17.7. The maximum absolute atomic E-state index is 12.3. The Balaban J connectivity index is 1.44. The van der Waals surface area contributed by atoms with Crippen molar-refractivity contribution >= 4 is 11.5 Å². The summed E-state index contributed by atoms with van der Waals surface area (Å²) in [5, 5.41) is 3.66. The van der Waals surface area contributed by atoms with Crippen LogP contribution in [0.5, 0.6) is 0 Å². The Hall–Kier alpha value is -2.55. The van der Waals surface area contributed by atoms with E-state index >= 15 is 0 Å². The van der Waals surface area contributed by atoms with Crippen molar-refractivity contribution in [1.82, 2.24) is 5.32 Å². The molecule has 0 amide bonds. The molecule has 3 heteroatoms. The van der Waals surface area contributed by atoms with Crippen LogP contribution in [-0.4, -0.2) is 25.9 Å². The SMILES string of the molecule is CN(C)c1ccc([C@H]2CC(=O)C=C(NC3Cc4ccccc4C3)C2)cc1. The summed E-state index contributed by atoms with van der Waals surface area (Å²) < 4.78 is 0. The van der Waals surface area contributed by atoms with Crippen molar-refractivity contribution in [1.29, 1.82) is 0 Å². The minimum absolute atomic E-state index is 0.232. The molecule has 0 unspecified atom stereocenters. The van der Waals surface area contributed by atoms with Gasteiger partial charge in [0.2, 0.25) is 0 Å². The first-order chi connectivity index (χ1) is 12.6. The minimum Gasteiger partial charge on any atom is -0.385 e. The van der Waals surface area contributed by atoms with Gasteiger partial charge in [0.25, 0.3) is 0 Å². The number of carbonyl (C=O) groups is 1. The highest BCUT2D eigenvalue weighted by molar-refractivity contribution is 5.92. The molecule has 0 spiro atoms. The summed E-state index contributed by atoms with van der Waals surface area (Å²) in [6.07, 6.45) is 5.44. The van der Waals surface area contributed by atoms with Crippen LogP contribution in [0, 0.1) is 0 Å². The van der Waals surface area contributed by atoms with Gasteiger partial charge in [-0.05, 0) is 54.0 Å². The number of fused-ring (bicyclic) bond motifs is 1. The molecule has 2 aliphatic carbocycles. The molecule has 1 N–H and O–H groups in total. The molecule has 134 valence electrons. The molecule has 0 saturated carbocycles. The van der Waals surface area contributed by atoms with Gasteiger partial charge in [-0.15, -0.1) is 0 Å². The standard InChI is InChI=1S/C23H26N2O/c1-25(2)22-9-7-16(8-10-22)19-13-21(15-23(26)14-19)24-20-11-17-5-3-4-6-18(17)12-20/h3-10,15,19-20,24H,11-14H2,1-2H3/t19-/m1/s1. The summed E-state index contributed by atoms with van der Waals surface area (Å²) >= 11 is 0. The Kier molecular flexibility index (Phi) is 4.54. The molecule has 0 aliphatic heterocycles. The first-order valence-corrected chi connectivity index (χ1v) is 9.42. The molecule has 0 fully saturated rings. The summed E-state index contributed by atoms with van der Waals surface area (Å²) in [5.74, 6) is 0.505. The number of hydrogen-bond acceptors (Lipinski definition) is 3.